The standard InChI is InChI=1S/C18H31N5O3.HI/c1-5-25-17(24)14-8-11-23(12-9-14)18(19-4)20-10-6-7-15-21-16(13(2)3)22-26-15;/h13-14H,5-12H2,1-4H3,(H,19,20);1H. The largest absolute Gasteiger partial charge is 0.466 e. The van der Waals surface area contributed by atoms with Crippen LogP contribution in [0.4, 0.5) is 0 Å². The zero-order valence-electron chi connectivity index (χ0n) is 16.7. The second kappa shape index (κ2) is 12.1. The fourth-order valence-electron chi connectivity index (χ4n) is 2.96. The number of carbonyl (C=O) groups is 1. The summed E-state index contributed by atoms with van der Waals surface area (Å²) in [6, 6.07) is 0. The molecule has 0 bridgehead atoms. The van der Waals surface area contributed by atoms with E-state index in [2.05, 4.69) is 25.3 Å². The zero-order valence-corrected chi connectivity index (χ0v) is 19.1. The van der Waals surface area contributed by atoms with Crippen molar-refractivity contribution in [3.8, 4) is 0 Å². The van der Waals surface area contributed by atoms with Gasteiger partial charge in [-0.15, -0.1) is 24.0 Å². The number of aromatic nitrogens is 2. The number of ether oxygens (including phenoxy) is 1. The molecule has 0 amide bonds. The monoisotopic (exact) mass is 493 g/mol. The average molecular weight is 493 g/mol. The first-order valence-corrected chi connectivity index (χ1v) is 9.49. The number of guanidine groups is 1. The van der Waals surface area contributed by atoms with Gasteiger partial charge in [-0.2, -0.15) is 4.98 Å². The minimum atomic E-state index is -0.0737. The molecule has 8 nitrogen and oxygen atoms in total. The van der Waals surface area contributed by atoms with Gasteiger partial charge in [0.2, 0.25) is 5.89 Å². The van der Waals surface area contributed by atoms with E-state index in [0.29, 0.717) is 12.5 Å². The number of nitrogens with one attached hydrogen (secondary N) is 1. The van der Waals surface area contributed by atoms with E-state index in [-0.39, 0.29) is 41.8 Å². The summed E-state index contributed by atoms with van der Waals surface area (Å²) < 4.78 is 10.4. The Labute approximate surface area is 178 Å². The Morgan fingerprint density at radius 3 is 2.67 bits per heavy atom. The number of nitrogens with zero attached hydrogens (tertiary/aromatic N) is 4. The summed E-state index contributed by atoms with van der Waals surface area (Å²) in [4.78, 5) is 22.8. The normalized spacial score (nSPS) is 15.6. The number of aryl methyl sites for hydroxylation is 1. The van der Waals surface area contributed by atoms with Gasteiger partial charge in [-0.05, 0) is 26.2 Å². The van der Waals surface area contributed by atoms with Crippen LogP contribution in [0.2, 0.25) is 0 Å². The lowest BCUT2D eigenvalue weighted by atomic mass is 9.97. The predicted molar refractivity (Wildman–Crippen MR) is 114 cm³/mol. The molecule has 0 aliphatic carbocycles. The highest BCUT2D eigenvalue weighted by atomic mass is 127. The fourth-order valence-corrected chi connectivity index (χ4v) is 2.96. The molecule has 0 saturated carbocycles. The Balaban J connectivity index is 0.00000364. The van der Waals surface area contributed by atoms with Gasteiger partial charge in [0, 0.05) is 39.0 Å². The number of hydrogen-bond donors (Lipinski definition) is 1. The third-order valence-corrected chi connectivity index (χ3v) is 4.48. The zero-order chi connectivity index (χ0) is 18.9. The van der Waals surface area contributed by atoms with E-state index in [4.69, 9.17) is 9.26 Å². The molecule has 154 valence electrons. The van der Waals surface area contributed by atoms with Gasteiger partial charge < -0.3 is 19.5 Å². The molecule has 9 heteroatoms. The van der Waals surface area contributed by atoms with Gasteiger partial charge in [0.25, 0.3) is 0 Å². The molecule has 1 aromatic rings. The van der Waals surface area contributed by atoms with Crippen LogP contribution in [0.5, 0.6) is 0 Å². The molecule has 0 aromatic carbocycles. The second-order valence-electron chi connectivity index (χ2n) is 6.79. The minimum Gasteiger partial charge on any atom is -0.466 e. The highest BCUT2D eigenvalue weighted by Gasteiger charge is 2.27. The molecule has 1 aliphatic rings. The third-order valence-electron chi connectivity index (χ3n) is 4.48. The van der Waals surface area contributed by atoms with E-state index < -0.39 is 0 Å². The molecule has 1 fully saturated rings. The van der Waals surface area contributed by atoms with Crippen molar-refractivity contribution in [2.75, 3.05) is 33.3 Å². The van der Waals surface area contributed by atoms with Crippen molar-refractivity contribution in [2.24, 2.45) is 10.9 Å². The van der Waals surface area contributed by atoms with Crippen molar-refractivity contribution in [1.29, 1.82) is 0 Å². The van der Waals surface area contributed by atoms with Crippen LogP contribution in [-0.4, -0.2) is 60.3 Å². The van der Waals surface area contributed by atoms with Crippen molar-refractivity contribution >= 4 is 35.9 Å². The molecular formula is C18H32IN5O3. The van der Waals surface area contributed by atoms with Crippen LogP contribution in [0.1, 0.15) is 57.7 Å². The van der Waals surface area contributed by atoms with Crippen LogP contribution < -0.4 is 5.32 Å². The minimum absolute atomic E-state index is 0. The van der Waals surface area contributed by atoms with Crippen molar-refractivity contribution in [3.63, 3.8) is 0 Å². The molecule has 0 radical (unpaired) electrons. The van der Waals surface area contributed by atoms with Gasteiger partial charge in [-0.1, -0.05) is 19.0 Å². The van der Waals surface area contributed by atoms with Crippen LogP contribution in [0.15, 0.2) is 9.52 Å². The van der Waals surface area contributed by atoms with E-state index in [1.54, 1.807) is 7.05 Å². The maximum absolute atomic E-state index is 11.8. The molecule has 1 saturated heterocycles. The van der Waals surface area contributed by atoms with E-state index in [0.717, 1.165) is 57.1 Å². The maximum atomic E-state index is 11.8. The Morgan fingerprint density at radius 2 is 2.11 bits per heavy atom. The van der Waals surface area contributed by atoms with Crippen LogP contribution in [-0.2, 0) is 16.0 Å². The lowest BCUT2D eigenvalue weighted by Gasteiger charge is -2.33. The SMILES string of the molecule is CCOC(=O)C1CCN(C(=NC)NCCCc2nc(C(C)C)no2)CC1.I. The first-order chi connectivity index (χ1) is 12.5. The Morgan fingerprint density at radius 1 is 1.41 bits per heavy atom. The van der Waals surface area contributed by atoms with Crippen LogP contribution >= 0.6 is 24.0 Å². The van der Waals surface area contributed by atoms with E-state index in [1.165, 1.54) is 0 Å². The summed E-state index contributed by atoms with van der Waals surface area (Å²) in [5.41, 5.74) is 0. The number of likely N-dealkylation sites (tertiary alicyclic amines) is 1. The molecule has 1 aromatic heterocycles. The Kier molecular flexibility index (Phi) is 10.6. The molecule has 2 rings (SSSR count). The van der Waals surface area contributed by atoms with Crippen molar-refractivity contribution in [1.82, 2.24) is 20.4 Å². The first-order valence-electron chi connectivity index (χ1n) is 9.49. The molecule has 0 atom stereocenters. The lowest BCUT2D eigenvalue weighted by molar-refractivity contribution is -0.149. The van der Waals surface area contributed by atoms with Crippen molar-refractivity contribution < 1.29 is 14.1 Å². The first kappa shape index (κ1) is 23.6. The summed E-state index contributed by atoms with van der Waals surface area (Å²) in [6.45, 7) is 8.79. The number of aliphatic imine (C=N–C) groups is 1. The quantitative estimate of drug-likeness (QED) is 0.205. The van der Waals surface area contributed by atoms with Crippen LogP contribution in [0.25, 0.3) is 0 Å². The second-order valence-corrected chi connectivity index (χ2v) is 6.79. The average Bonchev–Trinajstić information content (AvgIpc) is 3.11. The summed E-state index contributed by atoms with van der Waals surface area (Å²) in [5, 5.41) is 7.36. The fraction of sp³-hybridized carbons (Fsp3) is 0.778. The van der Waals surface area contributed by atoms with Gasteiger partial charge in [0.15, 0.2) is 11.8 Å². The highest BCUT2D eigenvalue weighted by Crippen LogP contribution is 2.18. The number of halogens is 1. The number of carbonyl (C=O) groups excluding carboxylic acids is 1. The molecule has 27 heavy (non-hydrogen) atoms. The maximum Gasteiger partial charge on any atom is 0.309 e. The van der Waals surface area contributed by atoms with E-state index >= 15 is 0 Å². The topological polar surface area (TPSA) is 92.8 Å². The number of esters is 1. The smallest absolute Gasteiger partial charge is 0.309 e. The highest BCUT2D eigenvalue weighted by molar-refractivity contribution is 14.0. The van der Waals surface area contributed by atoms with Gasteiger partial charge in [-0.25, -0.2) is 0 Å². The Hall–Kier alpha value is -1.39. The molecule has 0 spiro atoms. The van der Waals surface area contributed by atoms with Crippen molar-refractivity contribution in [2.45, 2.75) is 52.4 Å². The number of rotatable bonds is 7. The molecule has 1 aliphatic heterocycles. The molecule has 0 unspecified atom stereocenters. The van der Waals surface area contributed by atoms with Gasteiger partial charge in [-0.3, -0.25) is 9.79 Å². The summed E-state index contributed by atoms with van der Waals surface area (Å²) >= 11 is 0. The Bertz CT molecular complexity index is 598. The summed E-state index contributed by atoms with van der Waals surface area (Å²) in [7, 11) is 1.78. The molecule has 1 N–H and O–H groups in total. The predicted octanol–water partition coefficient (Wildman–Crippen LogP) is 2.59. The lowest BCUT2D eigenvalue weighted by Crippen LogP contribution is -2.47. The number of hydrogen-bond acceptors (Lipinski definition) is 6. The summed E-state index contributed by atoms with van der Waals surface area (Å²) in [5.74, 6) is 2.53. The van der Waals surface area contributed by atoms with Crippen molar-refractivity contribution in [3.05, 3.63) is 11.7 Å². The van der Waals surface area contributed by atoms with Crippen LogP contribution in [0, 0.1) is 5.92 Å². The van der Waals surface area contributed by atoms with Gasteiger partial charge in [0.05, 0.1) is 12.5 Å². The van der Waals surface area contributed by atoms with Crippen LogP contribution in [0.3, 0.4) is 0 Å². The molecular weight excluding hydrogens is 461 g/mol. The van der Waals surface area contributed by atoms with E-state index in [9.17, 15) is 4.79 Å². The molecule has 2 heterocycles. The third kappa shape index (κ3) is 7.27. The van der Waals surface area contributed by atoms with Gasteiger partial charge in [0.1, 0.15) is 0 Å². The van der Waals surface area contributed by atoms with E-state index in [1.807, 2.05) is 20.8 Å². The van der Waals surface area contributed by atoms with Gasteiger partial charge >= 0.3 is 5.97 Å². The summed E-state index contributed by atoms with van der Waals surface area (Å²) in [6.07, 6.45) is 3.24. The number of piperidine rings is 1.